The summed E-state index contributed by atoms with van der Waals surface area (Å²) in [5, 5.41) is 0. The maximum absolute atomic E-state index is 12.3. The lowest BCUT2D eigenvalue weighted by atomic mass is 10.1. The minimum absolute atomic E-state index is 0.0777. The molecule has 0 radical (unpaired) electrons. The summed E-state index contributed by atoms with van der Waals surface area (Å²) >= 11 is 0. The third-order valence-electron chi connectivity index (χ3n) is 4.20. The van der Waals surface area contributed by atoms with E-state index in [1.165, 1.54) is 5.56 Å². The molecular formula is C19H30N4O2. The molecule has 1 aromatic rings. The van der Waals surface area contributed by atoms with E-state index < -0.39 is 0 Å². The first-order chi connectivity index (χ1) is 12.0. The molecule has 0 N–H and O–H groups in total. The highest BCUT2D eigenvalue weighted by Gasteiger charge is 2.22. The van der Waals surface area contributed by atoms with Crippen LogP contribution < -0.4 is 4.90 Å². The molecule has 1 aromatic heterocycles. The van der Waals surface area contributed by atoms with Gasteiger partial charge in [0.15, 0.2) is 0 Å². The maximum atomic E-state index is 12.3. The van der Waals surface area contributed by atoms with Gasteiger partial charge in [0.1, 0.15) is 5.82 Å². The molecule has 1 unspecified atom stereocenters. The smallest absolute Gasteiger partial charge is 0.246 e. The average molecular weight is 346 g/mol. The number of anilines is 1. The van der Waals surface area contributed by atoms with Gasteiger partial charge in [-0.05, 0) is 44.6 Å². The predicted molar refractivity (Wildman–Crippen MR) is 101 cm³/mol. The van der Waals surface area contributed by atoms with Crippen LogP contribution in [0.5, 0.6) is 0 Å². The van der Waals surface area contributed by atoms with Gasteiger partial charge in [0.05, 0.1) is 12.7 Å². The number of hydrogen-bond donors (Lipinski definition) is 0. The quantitative estimate of drug-likeness (QED) is 0.699. The van der Waals surface area contributed by atoms with Crippen molar-refractivity contribution in [3.05, 3.63) is 36.0 Å². The standard InChI is InChI=1S/C19H30N4O2/c1-21(2)11-5-6-19(24)23-12-13-25-17(15-23)8-7-16-9-10-20-18(14-16)22(3)4/h5-6,9-10,14,17H,7-8,11-13,15H2,1-4H3/b6-5+. The SMILES string of the molecule is CN(C)C/C=C/C(=O)N1CCOC(CCc2ccnc(N(C)C)c2)C1. The normalized spacial score (nSPS) is 18.1. The summed E-state index contributed by atoms with van der Waals surface area (Å²) in [5.74, 6) is 1.04. The first-order valence-corrected chi connectivity index (χ1v) is 8.79. The van der Waals surface area contributed by atoms with Gasteiger partial charge < -0.3 is 19.4 Å². The van der Waals surface area contributed by atoms with Crippen molar-refractivity contribution in [2.24, 2.45) is 0 Å². The number of ether oxygens (including phenoxy) is 1. The van der Waals surface area contributed by atoms with Crippen molar-refractivity contribution in [2.75, 3.05) is 59.3 Å². The van der Waals surface area contributed by atoms with Gasteiger partial charge >= 0.3 is 0 Å². The van der Waals surface area contributed by atoms with Crippen molar-refractivity contribution in [3.8, 4) is 0 Å². The fourth-order valence-corrected chi connectivity index (χ4v) is 2.75. The van der Waals surface area contributed by atoms with Gasteiger partial charge in [-0.2, -0.15) is 0 Å². The summed E-state index contributed by atoms with van der Waals surface area (Å²) in [7, 11) is 7.95. The average Bonchev–Trinajstić information content (AvgIpc) is 2.60. The molecule has 6 heteroatoms. The Balaban J connectivity index is 1.84. The second-order valence-corrected chi connectivity index (χ2v) is 6.90. The molecule has 138 valence electrons. The molecule has 0 aromatic carbocycles. The third kappa shape index (κ3) is 6.48. The Kier molecular flexibility index (Phi) is 7.40. The Bertz CT molecular complexity index is 587. The van der Waals surface area contributed by atoms with Crippen LogP contribution in [0.25, 0.3) is 0 Å². The molecule has 6 nitrogen and oxygen atoms in total. The first-order valence-electron chi connectivity index (χ1n) is 8.79. The van der Waals surface area contributed by atoms with Crippen molar-refractivity contribution >= 4 is 11.7 Å². The van der Waals surface area contributed by atoms with Crippen LogP contribution >= 0.6 is 0 Å². The summed E-state index contributed by atoms with van der Waals surface area (Å²) in [4.78, 5) is 22.5. The molecule has 1 atom stereocenters. The summed E-state index contributed by atoms with van der Waals surface area (Å²) < 4.78 is 5.85. The van der Waals surface area contributed by atoms with Crippen LogP contribution in [-0.4, -0.2) is 81.2 Å². The largest absolute Gasteiger partial charge is 0.375 e. The number of amides is 1. The highest BCUT2D eigenvalue weighted by Crippen LogP contribution is 2.15. The fraction of sp³-hybridized carbons (Fsp3) is 0.579. The predicted octanol–water partition coefficient (Wildman–Crippen LogP) is 1.43. The van der Waals surface area contributed by atoms with Crippen molar-refractivity contribution in [3.63, 3.8) is 0 Å². The van der Waals surface area contributed by atoms with Crippen LogP contribution in [0.4, 0.5) is 5.82 Å². The molecule has 0 spiro atoms. The molecule has 2 heterocycles. The number of morpholine rings is 1. The van der Waals surface area contributed by atoms with E-state index in [0.29, 0.717) is 19.7 Å². The molecule has 0 aliphatic carbocycles. The number of nitrogens with zero attached hydrogens (tertiary/aromatic N) is 4. The topological polar surface area (TPSA) is 48.9 Å². The summed E-state index contributed by atoms with van der Waals surface area (Å²) in [6, 6.07) is 4.15. The first kappa shape index (κ1) is 19.4. The van der Waals surface area contributed by atoms with Crippen molar-refractivity contribution in [1.29, 1.82) is 0 Å². The van der Waals surface area contributed by atoms with Gasteiger partial charge in [0.2, 0.25) is 5.91 Å². The van der Waals surface area contributed by atoms with Crippen LogP contribution in [-0.2, 0) is 16.0 Å². The van der Waals surface area contributed by atoms with E-state index in [4.69, 9.17) is 4.74 Å². The molecule has 1 aliphatic heterocycles. The van der Waals surface area contributed by atoms with Crippen LogP contribution in [0, 0.1) is 0 Å². The van der Waals surface area contributed by atoms with E-state index in [9.17, 15) is 4.79 Å². The van der Waals surface area contributed by atoms with Gasteiger partial charge in [-0.25, -0.2) is 4.98 Å². The van der Waals surface area contributed by atoms with Crippen LogP contribution in [0.2, 0.25) is 0 Å². The Hall–Kier alpha value is -1.92. The third-order valence-corrected chi connectivity index (χ3v) is 4.20. The molecule has 0 bridgehead atoms. The van der Waals surface area contributed by atoms with Crippen molar-refractivity contribution < 1.29 is 9.53 Å². The zero-order valence-electron chi connectivity index (χ0n) is 15.8. The van der Waals surface area contributed by atoms with E-state index in [1.54, 1.807) is 6.08 Å². The summed E-state index contributed by atoms with van der Waals surface area (Å²) in [6.45, 7) is 2.71. The number of rotatable bonds is 7. The van der Waals surface area contributed by atoms with Crippen molar-refractivity contribution in [1.82, 2.24) is 14.8 Å². The number of aryl methyl sites for hydroxylation is 1. The van der Waals surface area contributed by atoms with E-state index in [2.05, 4.69) is 11.1 Å². The minimum Gasteiger partial charge on any atom is -0.375 e. The molecule has 1 aliphatic rings. The Morgan fingerprint density at radius 3 is 2.92 bits per heavy atom. The Morgan fingerprint density at radius 2 is 2.20 bits per heavy atom. The van der Waals surface area contributed by atoms with E-state index in [1.807, 2.05) is 61.2 Å². The van der Waals surface area contributed by atoms with Gasteiger partial charge in [-0.3, -0.25) is 4.79 Å². The van der Waals surface area contributed by atoms with Gasteiger partial charge in [0.25, 0.3) is 0 Å². The second-order valence-electron chi connectivity index (χ2n) is 6.90. The van der Waals surface area contributed by atoms with Crippen LogP contribution in [0.15, 0.2) is 30.5 Å². The molecule has 1 amide bonds. The Morgan fingerprint density at radius 1 is 1.40 bits per heavy atom. The lowest BCUT2D eigenvalue weighted by molar-refractivity contribution is -0.133. The van der Waals surface area contributed by atoms with Crippen LogP contribution in [0.1, 0.15) is 12.0 Å². The number of hydrogen-bond acceptors (Lipinski definition) is 5. The highest BCUT2D eigenvalue weighted by molar-refractivity contribution is 5.87. The Labute approximate surface area is 151 Å². The lowest BCUT2D eigenvalue weighted by Gasteiger charge is -2.32. The number of likely N-dealkylation sites (N-methyl/N-ethyl adjacent to an activating group) is 1. The van der Waals surface area contributed by atoms with Crippen LogP contribution in [0.3, 0.4) is 0 Å². The van der Waals surface area contributed by atoms with E-state index in [0.717, 1.165) is 25.2 Å². The second kappa shape index (κ2) is 9.53. The number of pyridine rings is 1. The zero-order chi connectivity index (χ0) is 18.2. The van der Waals surface area contributed by atoms with E-state index in [-0.39, 0.29) is 12.0 Å². The molecule has 0 saturated carbocycles. The van der Waals surface area contributed by atoms with Crippen molar-refractivity contribution in [2.45, 2.75) is 18.9 Å². The summed E-state index contributed by atoms with van der Waals surface area (Å²) in [6.07, 6.45) is 7.35. The number of aromatic nitrogens is 1. The monoisotopic (exact) mass is 346 g/mol. The minimum atomic E-state index is 0.0777. The van der Waals surface area contributed by atoms with E-state index >= 15 is 0 Å². The van der Waals surface area contributed by atoms with Gasteiger partial charge in [-0.15, -0.1) is 0 Å². The zero-order valence-corrected chi connectivity index (χ0v) is 15.8. The summed E-state index contributed by atoms with van der Waals surface area (Å²) in [5.41, 5.74) is 1.25. The molecule has 2 rings (SSSR count). The molecule has 25 heavy (non-hydrogen) atoms. The fourth-order valence-electron chi connectivity index (χ4n) is 2.75. The number of carbonyl (C=O) groups excluding carboxylic acids is 1. The number of carbonyl (C=O) groups is 1. The molecule has 1 saturated heterocycles. The molecular weight excluding hydrogens is 316 g/mol. The van der Waals surface area contributed by atoms with Gasteiger partial charge in [0, 0.05) is 46.0 Å². The molecule has 1 fully saturated rings. The van der Waals surface area contributed by atoms with Gasteiger partial charge in [-0.1, -0.05) is 6.08 Å². The maximum Gasteiger partial charge on any atom is 0.246 e. The highest BCUT2D eigenvalue weighted by atomic mass is 16.5. The lowest BCUT2D eigenvalue weighted by Crippen LogP contribution is -2.45.